The summed E-state index contributed by atoms with van der Waals surface area (Å²) in [6.45, 7) is 7.57. The van der Waals surface area contributed by atoms with Crippen molar-refractivity contribution in [1.82, 2.24) is 40.4 Å². The fourth-order valence-corrected chi connectivity index (χ4v) is 2.85. The van der Waals surface area contributed by atoms with E-state index in [2.05, 4.69) is 16.0 Å². The Morgan fingerprint density at radius 2 is 1.02 bits per heavy atom. The highest BCUT2D eigenvalue weighted by molar-refractivity contribution is 5.87. The zero-order valence-electron chi connectivity index (χ0n) is 31.9. The molecule has 0 aliphatic heterocycles. The number of carbonyl (C=O) groups excluding carboxylic acids is 9. The zero-order valence-corrected chi connectivity index (χ0v) is 31.9. The molecule has 0 aromatic rings. The molecular weight excluding hydrogens is 640 g/mol. The minimum Gasteiger partial charge on any atom is -0.348 e. The fourth-order valence-electron chi connectivity index (χ4n) is 2.85. The van der Waals surface area contributed by atoms with Gasteiger partial charge in [0.1, 0.15) is 25.1 Å². The number of Topliss-reactive ketones (excluding diaryl/α,β-unsaturated/α-hetero) is 1. The van der Waals surface area contributed by atoms with Crippen molar-refractivity contribution in [2.75, 3.05) is 116 Å². The van der Waals surface area contributed by atoms with Crippen LogP contribution in [0.3, 0.4) is 0 Å². The maximum Gasteiger partial charge on any atom is 0.236 e. The van der Waals surface area contributed by atoms with Crippen molar-refractivity contribution in [2.45, 2.75) is 33.6 Å². The molecule has 0 bridgehead atoms. The maximum absolute atomic E-state index is 11.4. The number of ketones is 1. The van der Waals surface area contributed by atoms with Crippen LogP contribution in [-0.4, -0.2) is 195 Å². The highest BCUT2D eigenvalue weighted by Crippen LogP contribution is 2.05. The van der Waals surface area contributed by atoms with E-state index < -0.39 is 0 Å². The van der Waals surface area contributed by atoms with Crippen LogP contribution in [0.2, 0.25) is 0 Å². The lowest BCUT2D eigenvalue weighted by Gasteiger charge is -2.16. The minimum atomic E-state index is -0.165. The topological polar surface area (TPSA) is 206 Å². The van der Waals surface area contributed by atoms with Crippen molar-refractivity contribution < 1.29 is 43.2 Å². The quantitative estimate of drug-likeness (QED) is 0.115. The normalized spacial score (nSPS) is 10.1. The smallest absolute Gasteiger partial charge is 0.236 e. The molecule has 1 unspecified atom stereocenters. The molecule has 17 heteroatoms. The van der Waals surface area contributed by atoms with Crippen molar-refractivity contribution in [3.05, 3.63) is 0 Å². The summed E-state index contributed by atoms with van der Waals surface area (Å²) in [5.74, 6) is -0.396. The first-order chi connectivity index (χ1) is 22.9. The number of hydrogen-bond acceptors (Lipinski definition) is 13. The molecule has 0 saturated carbocycles. The average molecular weight is 705 g/mol. The van der Waals surface area contributed by atoms with Gasteiger partial charge in [0, 0.05) is 26.9 Å². The number of nitrogens with one attached hydrogen (secondary N) is 3. The number of rotatable bonds is 20. The van der Waals surface area contributed by atoms with Crippen LogP contribution in [0, 0.1) is 5.92 Å². The molecule has 49 heavy (non-hydrogen) atoms. The van der Waals surface area contributed by atoms with Gasteiger partial charge in [0.15, 0.2) is 5.78 Å². The van der Waals surface area contributed by atoms with E-state index in [9.17, 15) is 43.2 Å². The number of aldehydes is 4. The lowest BCUT2D eigenvalue weighted by molar-refractivity contribution is -0.132. The van der Waals surface area contributed by atoms with Crippen LogP contribution in [0.1, 0.15) is 33.6 Å². The summed E-state index contributed by atoms with van der Waals surface area (Å²) < 4.78 is 0. The van der Waals surface area contributed by atoms with E-state index in [0.29, 0.717) is 44.8 Å². The van der Waals surface area contributed by atoms with Crippen molar-refractivity contribution in [2.24, 2.45) is 5.92 Å². The lowest BCUT2D eigenvalue weighted by Crippen LogP contribution is -2.36. The first-order valence-corrected chi connectivity index (χ1v) is 15.8. The Kier molecular flexibility index (Phi) is 42.9. The van der Waals surface area contributed by atoms with Crippen LogP contribution < -0.4 is 16.0 Å². The monoisotopic (exact) mass is 704 g/mol. The Bertz CT molecular complexity index is 932. The molecule has 17 nitrogen and oxygen atoms in total. The molecule has 0 radical (unpaired) electrons. The van der Waals surface area contributed by atoms with E-state index in [1.54, 1.807) is 64.0 Å². The van der Waals surface area contributed by atoms with E-state index >= 15 is 0 Å². The van der Waals surface area contributed by atoms with E-state index in [0.717, 1.165) is 6.29 Å². The number of nitrogens with zero attached hydrogens (tertiary/aromatic N) is 5. The summed E-state index contributed by atoms with van der Waals surface area (Å²) in [7, 11) is 15.7. The molecule has 0 saturated heterocycles. The van der Waals surface area contributed by atoms with Crippen molar-refractivity contribution in [3.8, 4) is 0 Å². The zero-order chi connectivity index (χ0) is 39.4. The molecule has 0 spiro atoms. The molecule has 0 rings (SSSR count). The van der Waals surface area contributed by atoms with E-state index in [1.165, 1.54) is 9.80 Å². The summed E-state index contributed by atoms with van der Waals surface area (Å²) in [6, 6.07) is 0. The summed E-state index contributed by atoms with van der Waals surface area (Å²) in [5.41, 5.74) is 0. The maximum atomic E-state index is 11.4. The third-order valence-corrected chi connectivity index (χ3v) is 5.19. The third-order valence-electron chi connectivity index (χ3n) is 5.19. The fraction of sp³-hybridized carbons (Fsp3) is 0.719. The Labute approximate surface area is 293 Å². The van der Waals surface area contributed by atoms with Gasteiger partial charge in [-0.1, -0.05) is 20.8 Å². The van der Waals surface area contributed by atoms with Crippen LogP contribution in [0.25, 0.3) is 0 Å². The summed E-state index contributed by atoms with van der Waals surface area (Å²) >= 11 is 0. The molecule has 0 aromatic carbocycles. The van der Waals surface area contributed by atoms with Crippen LogP contribution in [0.15, 0.2) is 0 Å². The Balaban J connectivity index is -0.000000176. The average Bonchev–Trinajstić information content (AvgIpc) is 3.00. The lowest BCUT2D eigenvalue weighted by atomic mass is 10.0. The van der Waals surface area contributed by atoms with E-state index in [4.69, 9.17) is 0 Å². The second kappa shape index (κ2) is 38.5. The number of hydrogen-bond donors (Lipinski definition) is 3. The molecule has 0 fully saturated rings. The first kappa shape index (κ1) is 54.5. The van der Waals surface area contributed by atoms with Crippen LogP contribution in [0.5, 0.6) is 0 Å². The number of likely N-dealkylation sites (N-methyl/N-ethyl adjacent to an activating group) is 6. The standard InChI is InChI=1S/C11H20N2O3.C7H14N2O2.2C6H12N2O2.C2H6/c1-9(4-5-14)6-10(15)7-12-11(16)8-13(2)3;1-8(2)6-7(11)9(3)4-5-10;1-8(2)5-6(10)7-3-4-9;1-7-5-6(10)8(2)3-4-9;1-2/h5,9H,4,6-8H2,1-3H3,(H,12,16);5H,4,6H2,1-3H3;4H,3,5H2,1-2H3,(H,7,10);4,7H,3,5H2,1-2H3;1-2H3. The van der Waals surface area contributed by atoms with Gasteiger partial charge in [0.05, 0.1) is 52.4 Å². The van der Waals surface area contributed by atoms with Crippen LogP contribution >= 0.6 is 0 Å². The minimum absolute atomic E-state index is 0.0397. The van der Waals surface area contributed by atoms with Gasteiger partial charge in [0.2, 0.25) is 23.6 Å². The van der Waals surface area contributed by atoms with Gasteiger partial charge in [-0.3, -0.25) is 24.0 Å². The molecule has 3 N–H and O–H groups in total. The number of carbonyl (C=O) groups is 9. The van der Waals surface area contributed by atoms with Crippen molar-refractivity contribution in [3.63, 3.8) is 0 Å². The van der Waals surface area contributed by atoms with Gasteiger partial charge < -0.3 is 59.6 Å². The van der Waals surface area contributed by atoms with Crippen molar-refractivity contribution >= 4 is 54.6 Å². The molecule has 4 amide bonds. The second-order valence-electron chi connectivity index (χ2n) is 11.1. The third kappa shape index (κ3) is 46.2. The van der Waals surface area contributed by atoms with E-state index in [-0.39, 0.29) is 74.6 Å². The molecule has 0 aromatic heterocycles. The summed E-state index contributed by atoms with van der Waals surface area (Å²) in [6.07, 6.45) is 3.61. The molecule has 1 atom stereocenters. The van der Waals surface area contributed by atoms with Gasteiger partial charge in [-0.05, 0) is 55.3 Å². The highest BCUT2D eigenvalue weighted by Gasteiger charge is 2.11. The molecule has 286 valence electrons. The van der Waals surface area contributed by atoms with Crippen LogP contribution in [0.4, 0.5) is 0 Å². The van der Waals surface area contributed by atoms with Gasteiger partial charge in [-0.15, -0.1) is 0 Å². The van der Waals surface area contributed by atoms with Gasteiger partial charge in [0.25, 0.3) is 0 Å². The predicted octanol–water partition coefficient (Wildman–Crippen LogP) is -2.19. The van der Waals surface area contributed by atoms with Crippen molar-refractivity contribution in [1.29, 1.82) is 0 Å². The largest absolute Gasteiger partial charge is 0.348 e. The second-order valence-corrected chi connectivity index (χ2v) is 11.1. The number of amides is 4. The summed E-state index contributed by atoms with van der Waals surface area (Å²) in [5, 5.41) is 7.66. The first-order valence-electron chi connectivity index (χ1n) is 15.8. The van der Waals surface area contributed by atoms with Gasteiger partial charge in [-0.25, -0.2) is 0 Å². The van der Waals surface area contributed by atoms with Crippen LogP contribution in [-0.2, 0) is 43.2 Å². The molecule has 0 heterocycles. The van der Waals surface area contributed by atoms with Gasteiger partial charge >= 0.3 is 0 Å². The SMILES string of the molecule is CC.CC(CC=O)CC(=O)CNC(=O)CN(C)C.CN(C)CC(=O)N(C)CC=O.CN(C)CC(=O)NCC=O.CNCC(=O)N(C)CC=O. The molecular formula is C32H64N8O9. The molecule has 0 aliphatic rings. The van der Waals surface area contributed by atoms with E-state index in [1.807, 2.05) is 34.9 Å². The summed E-state index contributed by atoms with van der Waals surface area (Å²) in [4.78, 5) is 103. The molecule has 0 aliphatic carbocycles. The Morgan fingerprint density at radius 3 is 1.39 bits per heavy atom. The van der Waals surface area contributed by atoms with Gasteiger partial charge in [-0.2, -0.15) is 0 Å². The Hall–Kier alpha value is -3.93. The Morgan fingerprint density at radius 1 is 0.592 bits per heavy atom. The highest BCUT2D eigenvalue weighted by atomic mass is 16.2. The predicted molar refractivity (Wildman–Crippen MR) is 190 cm³/mol.